The van der Waals surface area contributed by atoms with Crippen molar-refractivity contribution in [3.05, 3.63) is 11.6 Å². The Morgan fingerprint density at radius 3 is 2.70 bits per heavy atom. The smallest absolute Gasteiger partial charge is 0.331 e. The summed E-state index contributed by atoms with van der Waals surface area (Å²) in [4.78, 5) is 10.3. The second-order valence-electron chi connectivity index (χ2n) is 2.35. The van der Waals surface area contributed by atoms with Crippen molar-refractivity contribution in [2.24, 2.45) is 0 Å². The maximum atomic E-state index is 10.3. The molecule has 0 saturated carbocycles. The molecule has 10 heavy (non-hydrogen) atoms. The van der Waals surface area contributed by atoms with Gasteiger partial charge in [-0.2, -0.15) is 0 Å². The van der Waals surface area contributed by atoms with E-state index in [2.05, 4.69) is 0 Å². The first-order valence-corrected chi connectivity index (χ1v) is 3.23. The van der Waals surface area contributed by atoms with Crippen LogP contribution in [0.5, 0.6) is 0 Å². The van der Waals surface area contributed by atoms with E-state index < -0.39 is 5.97 Å². The Morgan fingerprint density at radius 1 is 1.80 bits per heavy atom. The highest BCUT2D eigenvalue weighted by molar-refractivity contribution is 5.85. The number of carboxylic acids is 1. The highest BCUT2D eigenvalue weighted by atomic mass is 16.5. The number of ether oxygens (including phenoxy) is 1. The predicted octanol–water partition coefficient (Wildman–Crippen LogP) is 0.806. The Kier molecular flexibility index (Phi) is 2.06. The summed E-state index contributed by atoms with van der Waals surface area (Å²) in [7, 11) is 0. The van der Waals surface area contributed by atoms with E-state index in [1.54, 1.807) is 13.0 Å². The van der Waals surface area contributed by atoms with Crippen molar-refractivity contribution in [2.45, 2.75) is 19.4 Å². The molecule has 0 amide bonds. The minimum Gasteiger partial charge on any atom is -0.478 e. The van der Waals surface area contributed by atoms with Crippen molar-refractivity contribution in [1.29, 1.82) is 0 Å². The molecule has 56 valence electrons. The zero-order valence-electron chi connectivity index (χ0n) is 5.83. The molecule has 1 saturated heterocycles. The number of carboxylic acid groups (broad SMARTS) is 1. The molecule has 0 aromatic rings. The Bertz CT molecular complexity index is 168. The van der Waals surface area contributed by atoms with Crippen LogP contribution in [-0.2, 0) is 9.53 Å². The molecule has 1 rings (SSSR count). The van der Waals surface area contributed by atoms with Gasteiger partial charge in [0.15, 0.2) is 0 Å². The van der Waals surface area contributed by atoms with E-state index in [0.717, 1.165) is 13.0 Å². The Morgan fingerprint density at radius 2 is 2.40 bits per heavy atom. The highest BCUT2D eigenvalue weighted by Crippen LogP contribution is 2.13. The molecule has 1 heterocycles. The van der Waals surface area contributed by atoms with E-state index in [-0.39, 0.29) is 6.10 Å². The number of hydrogen-bond donors (Lipinski definition) is 1. The molecular weight excluding hydrogens is 132 g/mol. The fourth-order valence-electron chi connectivity index (χ4n) is 0.736. The van der Waals surface area contributed by atoms with E-state index in [1.165, 1.54) is 0 Å². The first kappa shape index (κ1) is 7.28. The molecular formula is C7H10O3. The van der Waals surface area contributed by atoms with Gasteiger partial charge in [-0.3, -0.25) is 0 Å². The third-order valence-electron chi connectivity index (χ3n) is 1.51. The normalized spacial score (nSPS) is 25.7. The van der Waals surface area contributed by atoms with Crippen LogP contribution in [0.3, 0.4) is 0 Å². The van der Waals surface area contributed by atoms with E-state index in [4.69, 9.17) is 9.84 Å². The van der Waals surface area contributed by atoms with Gasteiger partial charge in [0, 0.05) is 12.0 Å². The zero-order valence-corrected chi connectivity index (χ0v) is 5.83. The lowest BCUT2D eigenvalue weighted by Crippen LogP contribution is -2.25. The number of aliphatic carboxylic acids is 1. The van der Waals surface area contributed by atoms with Gasteiger partial charge in [0.2, 0.25) is 0 Å². The van der Waals surface area contributed by atoms with Gasteiger partial charge >= 0.3 is 5.97 Å². The molecule has 3 heteroatoms. The molecule has 1 aliphatic heterocycles. The van der Waals surface area contributed by atoms with E-state index in [1.807, 2.05) is 0 Å². The molecule has 0 bridgehead atoms. The summed E-state index contributed by atoms with van der Waals surface area (Å²) in [6.45, 7) is 2.33. The summed E-state index contributed by atoms with van der Waals surface area (Å²) in [5.41, 5.74) is 0.365. The molecule has 0 aliphatic carbocycles. The zero-order chi connectivity index (χ0) is 7.56. The van der Waals surface area contributed by atoms with Gasteiger partial charge in [-0.15, -0.1) is 0 Å². The topological polar surface area (TPSA) is 46.5 Å². The molecule has 1 fully saturated rings. The molecule has 1 N–H and O–H groups in total. The summed E-state index contributed by atoms with van der Waals surface area (Å²) < 4.78 is 5.01. The van der Waals surface area contributed by atoms with Crippen LogP contribution in [0.15, 0.2) is 11.6 Å². The van der Waals surface area contributed by atoms with Crippen LogP contribution < -0.4 is 0 Å². The lowest BCUT2D eigenvalue weighted by atomic mass is 10.1. The lowest BCUT2D eigenvalue weighted by Gasteiger charge is -2.23. The van der Waals surface area contributed by atoms with Crippen LogP contribution in [0.1, 0.15) is 13.3 Å². The quantitative estimate of drug-likeness (QED) is 0.580. The summed E-state index contributed by atoms with van der Waals surface area (Å²) in [5.74, 6) is -0.865. The van der Waals surface area contributed by atoms with Gasteiger partial charge in [-0.05, 0) is 13.0 Å². The van der Waals surface area contributed by atoms with Crippen molar-refractivity contribution >= 4 is 5.97 Å². The summed E-state index contributed by atoms with van der Waals surface area (Å²) in [5, 5.41) is 8.43. The summed E-state index contributed by atoms with van der Waals surface area (Å²) in [6, 6.07) is 0. The Balaban J connectivity index is 2.44. The van der Waals surface area contributed by atoms with Crippen LogP contribution in [-0.4, -0.2) is 23.8 Å². The Hall–Kier alpha value is -0.830. The van der Waals surface area contributed by atoms with Crippen molar-refractivity contribution in [1.82, 2.24) is 0 Å². The molecule has 3 nitrogen and oxygen atoms in total. The van der Waals surface area contributed by atoms with Gasteiger partial charge in [-0.1, -0.05) is 0 Å². The second kappa shape index (κ2) is 2.84. The van der Waals surface area contributed by atoms with Crippen molar-refractivity contribution in [2.75, 3.05) is 6.61 Å². The third-order valence-corrected chi connectivity index (χ3v) is 1.51. The van der Waals surface area contributed by atoms with E-state index in [0.29, 0.717) is 5.57 Å². The molecule has 0 spiro atoms. The minimum atomic E-state index is -0.865. The fourth-order valence-corrected chi connectivity index (χ4v) is 0.736. The Labute approximate surface area is 59.3 Å². The fraction of sp³-hybridized carbons (Fsp3) is 0.571. The SMILES string of the molecule is CC(=CC1CCO1)C(=O)O. The maximum Gasteiger partial charge on any atom is 0.331 e. The van der Waals surface area contributed by atoms with Crippen LogP contribution in [0.25, 0.3) is 0 Å². The van der Waals surface area contributed by atoms with E-state index in [9.17, 15) is 4.79 Å². The standard InChI is InChI=1S/C7H10O3/c1-5(7(8)9)4-6-2-3-10-6/h4,6H,2-3H2,1H3,(H,8,9). The van der Waals surface area contributed by atoms with Crippen LogP contribution >= 0.6 is 0 Å². The summed E-state index contributed by atoms with van der Waals surface area (Å²) in [6.07, 6.45) is 2.65. The molecule has 0 aromatic heterocycles. The average molecular weight is 142 g/mol. The first-order valence-electron chi connectivity index (χ1n) is 3.23. The van der Waals surface area contributed by atoms with Crippen molar-refractivity contribution in [3.8, 4) is 0 Å². The second-order valence-corrected chi connectivity index (χ2v) is 2.35. The number of carbonyl (C=O) groups is 1. The molecule has 1 unspecified atom stereocenters. The monoisotopic (exact) mass is 142 g/mol. The number of rotatable bonds is 2. The predicted molar refractivity (Wildman–Crippen MR) is 35.7 cm³/mol. The molecule has 0 radical (unpaired) electrons. The molecule has 1 aliphatic rings. The third kappa shape index (κ3) is 1.57. The van der Waals surface area contributed by atoms with Gasteiger partial charge < -0.3 is 9.84 Å². The highest BCUT2D eigenvalue weighted by Gasteiger charge is 2.16. The average Bonchev–Trinajstić information content (AvgIpc) is 1.77. The summed E-state index contributed by atoms with van der Waals surface area (Å²) >= 11 is 0. The van der Waals surface area contributed by atoms with Gasteiger partial charge in [0.05, 0.1) is 12.7 Å². The largest absolute Gasteiger partial charge is 0.478 e. The van der Waals surface area contributed by atoms with Gasteiger partial charge in [0.1, 0.15) is 0 Å². The van der Waals surface area contributed by atoms with Crippen LogP contribution in [0, 0.1) is 0 Å². The van der Waals surface area contributed by atoms with E-state index >= 15 is 0 Å². The molecule has 0 aromatic carbocycles. The van der Waals surface area contributed by atoms with Crippen molar-refractivity contribution in [3.63, 3.8) is 0 Å². The number of hydrogen-bond acceptors (Lipinski definition) is 2. The first-order chi connectivity index (χ1) is 4.70. The van der Waals surface area contributed by atoms with Crippen LogP contribution in [0.4, 0.5) is 0 Å². The lowest BCUT2D eigenvalue weighted by molar-refractivity contribution is -0.132. The van der Waals surface area contributed by atoms with Crippen LogP contribution in [0.2, 0.25) is 0 Å². The van der Waals surface area contributed by atoms with Gasteiger partial charge in [-0.25, -0.2) is 4.79 Å². The van der Waals surface area contributed by atoms with Crippen molar-refractivity contribution < 1.29 is 14.6 Å². The maximum absolute atomic E-state index is 10.3. The minimum absolute atomic E-state index is 0.0519. The molecule has 1 atom stereocenters. The van der Waals surface area contributed by atoms with Gasteiger partial charge in [0.25, 0.3) is 0 Å².